The zero-order valence-corrected chi connectivity index (χ0v) is 11.1. The minimum absolute atomic E-state index is 0.0250. The Balaban J connectivity index is 2.19. The first-order valence-corrected chi connectivity index (χ1v) is 6.62. The second-order valence-corrected chi connectivity index (χ2v) is 5.55. The molecule has 0 unspecified atom stereocenters. The third-order valence-corrected chi connectivity index (χ3v) is 4.45. The summed E-state index contributed by atoms with van der Waals surface area (Å²) in [5, 5.41) is 9.28. The topological polar surface area (TPSA) is 33.0 Å². The van der Waals surface area contributed by atoms with Gasteiger partial charge in [-0.3, -0.25) is 0 Å². The average Bonchev–Trinajstić information content (AvgIpc) is 2.84. The molecule has 1 aromatic carbocycles. The van der Waals surface area contributed by atoms with Gasteiger partial charge >= 0.3 is 0 Å². The maximum Gasteiger partial charge on any atom is 0.0994 e. The number of benzene rings is 1. The molecule has 3 rings (SSSR count). The number of nitriles is 1. The first-order chi connectivity index (χ1) is 9.19. The van der Waals surface area contributed by atoms with E-state index in [0.29, 0.717) is 5.92 Å². The van der Waals surface area contributed by atoms with Crippen LogP contribution in [0.2, 0.25) is 0 Å². The molecule has 1 aromatic rings. The lowest BCUT2D eigenvalue weighted by Gasteiger charge is -2.38. The minimum Gasteiger partial charge on any atom is -0.380 e. The van der Waals surface area contributed by atoms with Crippen molar-refractivity contribution in [3.63, 3.8) is 0 Å². The molecular weight excluding hydrogens is 234 g/mol. The van der Waals surface area contributed by atoms with Gasteiger partial charge in [0.05, 0.1) is 24.9 Å². The second kappa shape index (κ2) is 4.36. The summed E-state index contributed by atoms with van der Waals surface area (Å²) in [4.78, 5) is 0. The molecule has 1 heterocycles. The molecule has 0 bridgehead atoms. The van der Waals surface area contributed by atoms with E-state index in [0.717, 1.165) is 30.8 Å². The van der Waals surface area contributed by atoms with Crippen molar-refractivity contribution in [2.24, 2.45) is 5.92 Å². The third kappa shape index (κ3) is 1.66. The van der Waals surface area contributed by atoms with E-state index in [4.69, 9.17) is 4.74 Å². The van der Waals surface area contributed by atoms with Crippen LogP contribution in [-0.4, -0.2) is 13.2 Å². The van der Waals surface area contributed by atoms with E-state index in [1.807, 2.05) is 12.1 Å². The second-order valence-electron chi connectivity index (χ2n) is 5.55. The van der Waals surface area contributed by atoms with Crippen LogP contribution in [-0.2, 0) is 10.2 Å². The van der Waals surface area contributed by atoms with Gasteiger partial charge in [0.1, 0.15) is 0 Å². The molecule has 2 aliphatic rings. The maximum atomic E-state index is 9.28. The number of rotatable bonds is 1. The molecule has 1 fully saturated rings. The summed E-state index contributed by atoms with van der Waals surface area (Å²) in [5.74, 6) is 0.338. The third-order valence-electron chi connectivity index (χ3n) is 4.45. The fourth-order valence-electron chi connectivity index (χ4n) is 3.46. The predicted molar refractivity (Wildman–Crippen MR) is 75.5 cm³/mol. The van der Waals surface area contributed by atoms with Crippen LogP contribution >= 0.6 is 0 Å². The molecule has 0 saturated carbocycles. The van der Waals surface area contributed by atoms with Crippen molar-refractivity contribution in [3.05, 3.63) is 53.6 Å². The number of fused-ring (bicyclic) bond motifs is 2. The van der Waals surface area contributed by atoms with Crippen molar-refractivity contribution in [1.82, 2.24) is 0 Å². The molecule has 2 heteroatoms. The molecule has 1 aliphatic heterocycles. The predicted octanol–water partition coefficient (Wildman–Crippen LogP) is 3.46. The molecule has 96 valence electrons. The lowest BCUT2D eigenvalue weighted by molar-refractivity contribution is 0.176. The fraction of sp³-hybridized carbons (Fsp3) is 0.353. The highest BCUT2D eigenvalue weighted by atomic mass is 16.5. The highest BCUT2D eigenvalue weighted by Crippen LogP contribution is 2.49. The Morgan fingerprint density at radius 1 is 1.47 bits per heavy atom. The van der Waals surface area contributed by atoms with Crippen molar-refractivity contribution >= 4 is 5.57 Å². The van der Waals surface area contributed by atoms with E-state index in [1.165, 1.54) is 11.1 Å². The number of hydrogen-bond donors (Lipinski definition) is 0. The summed E-state index contributed by atoms with van der Waals surface area (Å²) in [6.45, 7) is 7.66. The van der Waals surface area contributed by atoms with Gasteiger partial charge in [0.15, 0.2) is 0 Å². The fourth-order valence-corrected chi connectivity index (χ4v) is 3.46. The van der Waals surface area contributed by atoms with E-state index in [-0.39, 0.29) is 5.41 Å². The van der Waals surface area contributed by atoms with E-state index >= 15 is 0 Å². The van der Waals surface area contributed by atoms with Crippen LogP contribution in [0.25, 0.3) is 5.57 Å². The average molecular weight is 251 g/mol. The van der Waals surface area contributed by atoms with Crippen LogP contribution in [0.1, 0.15) is 24.5 Å². The monoisotopic (exact) mass is 251 g/mol. The Bertz CT molecular complexity index is 608. The van der Waals surface area contributed by atoms with Gasteiger partial charge in [-0.1, -0.05) is 42.5 Å². The molecule has 2 atom stereocenters. The Labute approximate surface area is 114 Å². The van der Waals surface area contributed by atoms with E-state index < -0.39 is 0 Å². The molecular formula is C17H17NO. The normalized spacial score (nSPS) is 28.6. The van der Waals surface area contributed by atoms with E-state index in [1.54, 1.807) is 0 Å². The van der Waals surface area contributed by atoms with Crippen molar-refractivity contribution in [3.8, 4) is 6.07 Å². The SMILES string of the molecule is C=C(C)[C@@H]1COC[C@]12CC=C(C#N)c1ccccc12. The Hall–Kier alpha value is -1.85. The molecule has 0 N–H and O–H groups in total. The van der Waals surface area contributed by atoms with Crippen LogP contribution in [0.3, 0.4) is 0 Å². The van der Waals surface area contributed by atoms with Gasteiger partial charge in [-0.05, 0) is 24.5 Å². The first-order valence-electron chi connectivity index (χ1n) is 6.62. The Morgan fingerprint density at radius 2 is 2.26 bits per heavy atom. The molecule has 1 aliphatic carbocycles. The summed E-state index contributed by atoms with van der Waals surface area (Å²) >= 11 is 0. The zero-order valence-electron chi connectivity index (χ0n) is 11.1. The Kier molecular flexibility index (Phi) is 2.80. The highest BCUT2D eigenvalue weighted by Gasteiger charge is 2.47. The molecule has 1 spiro atoms. The smallest absolute Gasteiger partial charge is 0.0994 e. The highest BCUT2D eigenvalue weighted by molar-refractivity contribution is 5.81. The lowest BCUT2D eigenvalue weighted by atomic mass is 9.64. The first kappa shape index (κ1) is 12.2. The number of hydrogen-bond acceptors (Lipinski definition) is 2. The number of ether oxygens (including phenoxy) is 1. The van der Waals surface area contributed by atoms with Gasteiger partial charge in [-0.2, -0.15) is 5.26 Å². The van der Waals surface area contributed by atoms with E-state index in [2.05, 4.69) is 37.8 Å². The standard InChI is InChI=1S/C17H17NO/c1-12(2)16-10-19-11-17(16)8-7-13(9-18)14-5-3-4-6-15(14)17/h3-7,16H,1,8,10-11H2,2H3/t16-,17-/m0/s1. The summed E-state index contributed by atoms with van der Waals surface area (Å²) in [7, 11) is 0. The van der Waals surface area contributed by atoms with Crippen molar-refractivity contribution in [1.29, 1.82) is 5.26 Å². The van der Waals surface area contributed by atoms with Gasteiger partial charge in [0.25, 0.3) is 0 Å². The van der Waals surface area contributed by atoms with Gasteiger partial charge in [0, 0.05) is 11.3 Å². The van der Waals surface area contributed by atoms with Gasteiger partial charge in [0.2, 0.25) is 0 Å². The molecule has 0 radical (unpaired) electrons. The molecule has 0 amide bonds. The van der Waals surface area contributed by atoms with Crippen molar-refractivity contribution in [2.45, 2.75) is 18.8 Å². The summed E-state index contributed by atoms with van der Waals surface area (Å²) in [5.41, 5.74) is 4.24. The molecule has 0 aromatic heterocycles. The van der Waals surface area contributed by atoms with Crippen molar-refractivity contribution < 1.29 is 4.74 Å². The van der Waals surface area contributed by atoms with Crippen LogP contribution < -0.4 is 0 Å². The number of nitrogens with zero attached hydrogens (tertiary/aromatic N) is 1. The Morgan fingerprint density at radius 3 is 3.00 bits per heavy atom. The van der Waals surface area contributed by atoms with Gasteiger partial charge in [-0.15, -0.1) is 0 Å². The summed E-state index contributed by atoms with van der Waals surface area (Å²) < 4.78 is 5.76. The lowest BCUT2D eigenvalue weighted by Crippen LogP contribution is -2.37. The van der Waals surface area contributed by atoms with Gasteiger partial charge < -0.3 is 4.74 Å². The summed E-state index contributed by atoms with van der Waals surface area (Å²) in [6, 6.07) is 10.5. The quantitative estimate of drug-likeness (QED) is 0.716. The molecule has 2 nitrogen and oxygen atoms in total. The van der Waals surface area contributed by atoms with Crippen LogP contribution in [0, 0.1) is 17.2 Å². The van der Waals surface area contributed by atoms with Crippen LogP contribution in [0.5, 0.6) is 0 Å². The van der Waals surface area contributed by atoms with Gasteiger partial charge in [-0.25, -0.2) is 0 Å². The van der Waals surface area contributed by atoms with Crippen molar-refractivity contribution in [2.75, 3.05) is 13.2 Å². The van der Waals surface area contributed by atoms with Crippen LogP contribution in [0.15, 0.2) is 42.5 Å². The number of allylic oxidation sites excluding steroid dienone is 2. The molecule has 1 saturated heterocycles. The summed E-state index contributed by atoms with van der Waals surface area (Å²) in [6.07, 6.45) is 2.93. The van der Waals surface area contributed by atoms with Crippen LogP contribution in [0.4, 0.5) is 0 Å². The van der Waals surface area contributed by atoms with E-state index in [9.17, 15) is 5.26 Å². The maximum absolute atomic E-state index is 9.28. The largest absolute Gasteiger partial charge is 0.380 e. The minimum atomic E-state index is -0.0250. The zero-order chi connectivity index (χ0) is 13.5. The molecule has 19 heavy (non-hydrogen) atoms.